The molecule has 2 aliphatic rings. The fourth-order valence-corrected chi connectivity index (χ4v) is 4.07. The lowest BCUT2D eigenvalue weighted by Crippen LogP contribution is -2.39. The highest BCUT2D eigenvalue weighted by Gasteiger charge is 2.29. The van der Waals surface area contributed by atoms with E-state index in [9.17, 15) is 4.79 Å². The van der Waals surface area contributed by atoms with E-state index in [1.54, 1.807) is 11.2 Å². The number of amides is 1. The molecule has 3 heterocycles. The second-order valence-corrected chi connectivity index (χ2v) is 7.50. The molecule has 0 radical (unpaired) electrons. The number of carbonyl (C=O) groups is 1. The van der Waals surface area contributed by atoms with Crippen LogP contribution < -0.4 is 0 Å². The van der Waals surface area contributed by atoms with Crippen LogP contribution in [0.1, 0.15) is 35.9 Å². The Balaban J connectivity index is 1.60. The van der Waals surface area contributed by atoms with E-state index >= 15 is 0 Å². The topological polar surface area (TPSA) is 58.6 Å². The van der Waals surface area contributed by atoms with Crippen molar-refractivity contribution in [3.05, 3.63) is 65.2 Å². The van der Waals surface area contributed by atoms with Crippen molar-refractivity contribution in [2.45, 2.75) is 38.9 Å². The van der Waals surface area contributed by atoms with Crippen molar-refractivity contribution in [2.24, 2.45) is 0 Å². The molecule has 2 aliphatic heterocycles. The Kier molecular flexibility index (Phi) is 5.39. The Bertz CT molecular complexity index is 881. The van der Waals surface area contributed by atoms with Crippen molar-refractivity contribution in [3.63, 3.8) is 0 Å². The van der Waals surface area contributed by atoms with E-state index in [2.05, 4.69) is 52.1 Å². The molecule has 146 valence electrons. The molecule has 28 heavy (non-hydrogen) atoms. The van der Waals surface area contributed by atoms with Crippen LogP contribution in [0.5, 0.6) is 0 Å². The summed E-state index contributed by atoms with van der Waals surface area (Å²) in [5, 5.41) is 0. The Labute approximate surface area is 165 Å². The van der Waals surface area contributed by atoms with E-state index in [1.165, 1.54) is 18.2 Å². The van der Waals surface area contributed by atoms with E-state index < -0.39 is 0 Å². The predicted molar refractivity (Wildman–Crippen MR) is 107 cm³/mol. The molecular weight excluding hydrogens is 352 g/mol. The number of aromatic nitrogens is 2. The minimum Gasteiger partial charge on any atom is -0.453 e. The number of fused-ring (bicyclic) bond motifs is 1. The van der Waals surface area contributed by atoms with Gasteiger partial charge in [0.15, 0.2) is 0 Å². The quantitative estimate of drug-likeness (QED) is 0.820. The Morgan fingerprint density at radius 1 is 1.21 bits per heavy atom. The molecule has 0 spiro atoms. The summed E-state index contributed by atoms with van der Waals surface area (Å²) in [6, 6.07) is 11.0. The lowest BCUT2D eigenvalue weighted by Gasteiger charge is -2.35. The molecule has 1 amide bonds. The predicted octanol–water partition coefficient (Wildman–Crippen LogP) is 3.28. The van der Waals surface area contributed by atoms with Crippen molar-refractivity contribution in [2.75, 3.05) is 20.2 Å². The van der Waals surface area contributed by atoms with Gasteiger partial charge in [0.05, 0.1) is 25.0 Å². The smallest absolute Gasteiger partial charge is 0.409 e. The summed E-state index contributed by atoms with van der Waals surface area (Å²) < 4.78 is 4.90. The van der Waals surface area contributed by atoms with Crippen LogP contribution in [0, 0.1) is 0 Å². The third-order valence-electron chi connectivity index (χ3n) is 5.62. The molecule has 1 aromatic heterocycles. The van der Waals surface area contributed by atoms with Crippen molar-refractivity contribution in [1.29, 1.82) is 0 Å². The SMILES string of the molecule is COC(=O)N1CCC=C(c2ncnc3c2CN(Cc2ccccc2)[C@H](C)C3)C1. The summed E-state index contributed by atoms with van der Waals surface area (Å²) in [5.74, 6) is 0. The van der Waals surface area contributed by atoms with Gasteiger partial charge in [-0.05, 0) is 24.5 Å². The fourth-order valence-electron chi connectivity index (χ4n) is 4.07. The highest BCUT2D eigenvalue weighted by Crippen LogP contribution is 2.30. The van der Waals surface area contributed by atoms with Gasteiger partial charge in [0.25, 0.3) is 0 Å². The largest absolute Gasteiger partial charge is 0.453 e. The Morgan fingerprint density at radius 2 is 2.04 bits per heavy atom. The van der Waals surface area contributed by atoms with E-state index in [1.807, 2.05) is 6.07 Å². The maximum atomic E-state index is 12.0. The van der Waals surface area contributed by atoms with Crippen LogP contribution in [0.3, 0.4) is 0 Å². The number of hydrogen-bond donors (Lipinski definition) is 0. The summed E-state index contributed by atoms with van der Waals surface area (Å²) >= 11 is 0. The maximum absolute atomic E-state index is 12.0. The van der Waals surface area contributed by atoms with Crippen molar-refractivity contribution in [3.8, 4) is 0 Å². The van der Waals surface area contributed by atoms with Gasteiger partial charge >= 0.3 is 6.09 Å². The number of ether oxygens (including phenoxy) is 1. The summed E-state index contributed by atoms with van der Waals surface area (Å²) in [6.45, 7) is 5.19. The first kappa shape index (κ1) is 18.6. The zero-order valence-corrected chi connectivity index (χ0v) is 16.5. The number of benzene rings is 1. The van der Waals surface area contributed by atoms with Crippen molar-refractivity contribution >= 4 is 11.7 Å². The Hall–Kier alpha value is -2.73. The molecule has 0 saturated heterocycles. The highest BCUT2D eigenvalue weighted by molar-refractivity contribution is 5.75. The maximum Gasteiger partial charge on any atom is 0.409 e. The van der Waals surface area contributed by atoms with Gasteiger partial charge < -0.3 is 9.64 Å². The molecule has 4 rings (SSSR count). The summed E-state index contributed by atoms with van der Waals surface area (Å²) in [7, 11) is 1.43. The zero-order valence-electron chi connectivity index (χ0n) is 16.5. The van der Waals surface area contributed by atoms with Crippen LogP contribution in [0.4, 0.5) is 4.79 Å². The number of nitrogens with zero attached hydrogens (tertiary/aromatic N) is 4. The van der Waals surface area contributed by atoms with Crippen LogP contribution in [-0.4, -0.2) is 52.1 Å². The molecule has 0 fully saturated rings. The molecule has 0 aliphatic carbocycles. The Morgan fingerprint density at radius 3 is 2.82 bits per heavy atom. The average molecular weight is 378 g/mol. The van der Waals surface area contributed by atoms with Crippen LogP contribution in [0.25, 0.3) is 5.57 Å². The summed E-state index contributed by atoms with van der Waals surface area (Å²) in [5.41, 5.74) is 5.69. The van der Waals surface area contributed by atoms with E-state index in [4.69, 9.17) is 4.74 Å². The third kappa shape index (κ3) is 3.78. The molecular formula is C22H26N4O2. The minimum atomic E-state index is -0.284. The fraction of sp³-hybridized carbons (Fsp3) is 0.409. The first-order valence-electron chi connectivity index (χ1n) is 9.78. The van der Waals surface area contributed by atoms with Crippen LogP contribution in [0.15, 0.2) is 42.7 Å². The van der Waals surface area contributed by atoms with E-state index in [-0.39, 0.29) is 6.09 Å². The summed E-state index contributed by atoms with van der Waals surface area (Å²) in [6.07, 6.45) is 5.29. The second-order valence-electron chi connectivity index (χ2n) is 7.50. The zero-order chi connectivity index (χ0) is 19.5. The van der Waals surface area contributed by atoms with E-state index in [0.717, 1.165) is 42.9 Å². The van der Waals surface area contributed by atoms with Crippen LogP contribution >= 0.6 is 0 Å². The second kappa shape index (κ2) is 8.10. The first-order chi connectivity index (χ1) is 13.7. The summed E-state index contributed by atoms with van der Waals surface area (Å²) in [4.78, 5) is 25.4. The van der Waals surface area contributed by atoms with Gasteiger partial charge in [-0.15, -0.1) is 0 Å². The molecule has 1 atom stereocenters. The number of methoxy groups -OCH3 is 1. The molecule has 0 bridgehead atoms. The first-order valence-corrected chi connectivity index (χ1v) is 9.78. The lowest BCUT2D eigenvalue weighted by molar-refractivity contribution is 0.128. The van der Waals surface area contributed by atoms with Gasteiger partial charge in [0.1, 0.15) is 6.33 Å². The molecule has 1 aromatic carbocycles. The van der Waals surface area contributed by atoms with Gasteiger partial charge in [-0.3, -0.25) is 4.90 Å². The van der Waals surface area contributed by atoms with Gasteiger partial charge in [-0.2, -0.15) is 0 Å². The van der Waals surface area contributed by atoms with Crippen LogP contribution in [0.2, 0.25) is 0 Å². The van der Waals surface area contributed by atoms with Gasteiger partial charge in [-0.1, -0.05) is 36.4 Å². The van der Waals surface area contributed by atoms with Gasteiger partial charge in [0.2, 0.25) is 0 Å². The third-order valence-corrected chi connectivity index (χ3v) is 5.62. The standard InChI is InChI=1S/C22H26N4O2/c1-16-11-20-19(14-26(16)12-17-7-4-3-5-8-17)21(24-15-23-20)18-9-6-10-25(13-18)22(27)28-2/h3-5,7-9,15-16H,6,10-14H2,1-2H3/t16-/m1/s1. The molecule has 0 N–H and O–H groups in total. The van der Waals surface area contributed by atoms with Gasteiger partial charge in [-0.25, -0.2) is 14.8 Å². The molecule has 6 heteroatoms. The monoisotopic (exact) mass is 378 g/mol. The van der Waals surface area contributed by atoms with Crippen molar-refractivity contribution < 1.29 is 9.53 Å². The highest BCUT2D eigenvalue weighted by atomic mass is 16.5. The average Bonchev–Trinajstić information content (AvgIpc) is 2.74. The van der Waals surface area contributed by atoms with Crippen molar-refractivity contribution in [1.82, 2.24) is 19.8 Å². The molecule has 2 aromatic rings. The molecule has 0 unspecified atom stereocenters. The number of hydrogen-bond acceptors (Lipinski definition) is 5. The number of carbonyl (C=O) groups excluding carboxylic acids is 1. The molecule has 6 nitrogen and oxygen atoms in total. The van der Waals surface area contributed by atoms with Gasteiger partial charge in [0, 0.05) is 37.7 Å². The normalized spacial score (nSPS) is 19.7. The number of rotatable bonds is 3. The minimum absolute atomic E-state index is 0.284. The van der Waals surface area contributed by atoms with Crippen LogP contribution in [-0.2, 0) is 24.2 Å². The lowest BCUT2D eigenvalue weighted by atomic mass is 9.93. The molecule has 0 saturated carbocycles. The van der Waals surface area contributed by atoms with E-state index in [0.29, 0.717) is 19.1 Å².